The van der Waals surface area contributed by atoms with E-state index in [4.69, 9.17) is 10.1 Å². The predicted octanol–water partition coefficient (Wildman–Crippen LogP) is 2.67. The number of piperidine rings is 1. The molecular weight excluding hydrogens is 302 g/mol. The summed E-state index contributed by atoms with van der Waals surface area (Å²) in [5, 5.41) is 9.17. The zero-order chi connectivity index (χ0) is 17.1. The minimum Gasteiger partial charge on any atom is -0.392 e. The van der Waals surface area contributed by atoms with E-state index >= 15 is 0 Å². The molecule has 1 saturated heterocycles. The highest BCUT2D eigenvalue weighted by molar-refractivity contribution is 5.73. The fourth-order valence-electron chi connectivity index (χ4n) is 3.18. The van der Waals surface area contributed by atoms with Gasteiger partial charge in [-0.05, 0) is 31.4 Å². The lowest BCUT2D eigenvalue weighted by Crippen LogP contribution is -2.38. The number of benzene rings is 1. The van der Waals surface area contributed by atoms with Gasteiger partial charge >= 0.3 is 0 Å². The molecule has 1 fully saturated rings. The van der Waals surface area contributed by atoms with Crippen LogP contribution in [0.15, 0.2) is 30.3 Å². The highest BCUT2D eigenvalue weighted by Gasteiger charge is 2.25. The van der Waals surface area contributed by atoms with Crippen molar-refractivity contribution in [3.8, 4) is 11.3 Å². The summed E-state index contributed by atoms with van der Waals surface area (Å²) in [5.41, 5.74) is 3.72. The summed E-state index contributed by atoms with van der Waals surface area (Å²) in [6.45, 7) is 5.15. The summed E-state index contributed by atoms with van der Waals surface area (Å²) in [5.74, 6) is 1.13. The standard InChI is InChI=1S/C19H23N3O2/c1-13-10-18(16-7-5-15(12-23)6-8-16)21-19(20-13)17-4-3-9-22(11-17)14(2)24/h5-8,10,17,23H,3-4,9,11-12H2,1-2H3. The molecule has 0 radical (unpaired) electrons. The third kappa shape index (κ3) is 3.62. The molecule has 5 heteroatoms. The number of aliphatic hydroxyl groups excluding tert-OH is 1. The van der Waals surface area contributed by atoms with Crippen molar-refractivity contribution in [2.45, 2.75) is 39.2 Å². The fourth-order valence-corrected chi connectivity index (χ4v) is 3.18. The molecule has 0 aliphatic carbocycles. The van der Waals surface area contributed by atoms with Gasteiger partial charge in [0.05, 0.1) is 12.3 Å². The number of nitrogens with zero attached hydrogens (tertiary/aromatic N) is 3. The zero-order valence-corrected chi connectivity index (χ0v) is 14.2. The Morgan fingerprint density at radius 2 is 2.04 bits per heavy atom. The summed E-state index contributed by atoms with van der Waals surface area (Å²) in [7, 11) is 0. The van der Waals surface area contributed by atoms with Crippen LogP contribution in [0, 0.1) is 6.92 Å². The molecule has 5 nitrogen and oxygen atoms in total. The van der Waals surface area contributed by atoms with Crippen molar-refractivity contribution < 1.29 is 9.90 Å². The second kappa shape index (κ2) is 7.09. The minimum absolute atomic E-state index is 0.0390. The van der Waals surface area contributed by atoms with E-state index in [2.05, 4.69) is 4.98 Å². The molecule has 3 rings (SSSR count). The van der Waals surface area contributed by atoms with Crippen LogP contribution in [0.5, 0.6) is 0 Å². The maximum atomic E-state index is 11.7. The Kier molecular flexibility index (Phi) is 4.90. The summed E-state index contributed by atoms with van der Waals surface area (Å²) in [6.07, 6.45) is 2.00. The number of likely N-dealkylation sites (tertiary alicyclic amines) is 1. The number of amides is 1. The molecule has 1 aromatic heterocycles. The van der Waals surface area contributed by atoms with E-state index in [0.29, 0.717) is 6.54 Å². The first kappa shape index (κ1) is 16.6. The van der Waals surface area contributed by atoms with Crippen LogP contribution in [0.1, 0.15) is 42.8 Å². The van der Waals surface area contributed by atoms with E-state index in [1.54, 1.807) is 6.92 Å². The smallest absolute Gasteiger partial charge is 0.219 e. The monoisotopic (exact) mass is 325 g/mol. The minimum atomic E-state index is 0.0390. The van der Waals surface area contributed by atoms with Crippen molar-refractivity contribution in [3.05, 3.63) is 47.4 Å². The van der Waals surface area contributed by atoms with Gasteiger partial charge in [-0.1, -0.05) is 24.3 Å². The maximum absolute atomic E-state index is 11.7. The lowest BCUT2D eigenvalue weighted by atomic mass is 9.96. The lowest BCUT2D eigenvalue weighted by Gasteiger charge is -2.31. The van der Waals surface area contributed by atoms with Gasteiger partial charge < -0.3 is 10.0 Å². The van der Waals surface area contributed by atoms with Gasteiger partial charge in [0, 0.05) is 37.2 Å². The second-order valence-corrected chi connectivity index (χ2v) is 6.41. The predicted molar refractivity (Wildman–Crippen MR) is 92.4 cm³/mol. The van der Waals surface area contributed by atoms with Gasteiger partial charge in [-0.3, -0.25) is 4.79 Å². The largest absolute Gasteiger partial charge is 0.392 e. The number of carbonyl (C=O) groups is 1. The number of rotatable bonds is 3. The topological polar surface area (TPSA) is 66.3 Å². The Hall–Kier alpha value is -2.27. The third-order valence-electron chi connectivity index (χ3n) is 4.54. The maximum Gasteiger partial charge on any atom is 0.219 e. The summed E-state index contributed by atoms with van der Waals surface area (Å²) in [4.78, 5) is 22.9. The molecule has 2 aromatic rings. The van der Waals surface area contributed by atoms with Crippen molar-refractivity contribution in [2.75, 3.05) is 13.1 Å². The van der Waals surface area contributed by atoms with E-state index in [1.165, 1.54) is 0 Å². The van der Waals surface area contributed by atoms with Crippen LogP contribution in [0.3, 0.4) is 0 Å². The van der Waals surface area contributed by atoms with E-state index in [0.717, 1.165) is 47.7 Å². The molecule has 0 bridgehead atoms. The molecule has 1 N–H and O–H groups in total. The van der Waals surface area contributed by atoms with Crippen molar-refractivity contribution >= 4 is 5.91 Å². The van der Waals surface area contributed by atoms with E-state index < -0.39 is 0 Å². The molecule has 0 saturated carbocycles. The Morgan fingerprint density at radius 1 is 1.29 bits per heavy atom. The average Bonchev–Trinajstić information content (AvgIpc) is 2.61. The third-order valence-corrected chi connectivity index (χ3v) is 4.54. The molecule has 1 aliphatic rings. The molecule has 0 spiro atoms. The zero-order valence-electron chi connectivity index (χ0n) is 14.2. The van der Waals surface area contributed by atoms with Crippen LogP contribution in [0.2, 0.25) is 0 Å². The average molecular weight is 325 g/mol. The van der Waals surface area contributed by atoms with Gasteiger partial charge in [0.15, 0.2) is 0 Å². The number of aryl methyl sites for hydroxylation is 1. The number of hydrogen-bond donors (Lipinski definition) is 1. The van der Waals surface area contributed by atoms with Gasteiger partial charge in [0.2, 0.25) is 5.91 Å². The van der Waals surface area contributed by atoms with Gasteiger partial charge in [0.1, 0.15) is 5.82 Å². The quantitative estimate of drug-likeness (QED) is 0.942. The molecule has 1 amide bonds. The lowest BCUT2D eigenvalue weighted by molar-refractivity contribution is -0.130. The SMILES string of the molecule is CC(=O)N1CCCC(c2nc(C)cc(-c3ccc(CO)cc3)n2)C1. The Bertz CT molecular complexity index is 728. The highest BCUT2D eigenvalue weighted by Crippen LogP contribution is 2.27. The number of aromatic nitrogens is 2. The first-order chi connectivity index (χ1) is 11.6. The van der Waals surface area contributed by atoms with Crippen molar-refractivity contribution in [3.63, 3.8) is 0 Å². The molecule has 1 atom stereocenters. The van der Waals surface area contributed by atoms with Crippen molar-refractivity contribution in [1.29, 1.82) is 0 Å². The molecule has 1 aromatic carbocycles. The Labute approximate surface area is 142 Å². The normalized spacial score (nSPS) is 17.8. The van der Waals surface area contributed by atoms with E-state index in [9.17, 15) is 4.79 Å². The fraction of sp³-hybridized carbons (Fsp3) is 0.421. The molecular formula is C19H23N3O2. The molecule has 24 heavy (non-hydrogen) atoms. The van der Waals surface area contributed by atoms with Crippen molar-refractivity contribution in [2.24, 2.45) is 0 Å². The van der Waals surface area contributed by atoms with Crippen LogP contribution in [-0.2, 0) is 11.4 Å². The summed E-state index contributed by atoms with van der Waals surface area (Å²) in [6, 6.07) is 9.73. The number of carbonyl (C=O) groups excluding carboxylic acids is 1. The molecule has 1 aliphatic heterocycles. The van der Waals surface area contributed by atoms with Crippen LogP contribution >= 0.6 is 0 Å². The first-order valence-corrected chi connectivity index (χ1v) is 8.38. The summed E-state index contributed by atoms with van der Waals surface area (Å²) < 4.78 is 0. The van der Waals surface area contributed by atoms with Crippen molar-refractivity contribution in [1.82, 2.24) is 14.9 Å². The van der Waals surface area contributed by atoms with Gasteiger partial charge in [0.25, 0.3) is 0 Å². The molecule has 1 unspecified atom stereocenters. The number of aliphatic hydroxyl groups is 1. The highest BCUT2D eigenvalue weighted by atomic mass is 16.3. The van der Waals surface area contributed by atoms with E-state index in [-0.39, 0.29) is 18.4 Å². The molecule has 126 valence electrons. The first-order valence-electron chi connectivity index (χ1n) is 8.38. The molecule has 2 heterocycles. The van der Waals surface area contributed by atoms with E-state index in [1.807, 2.05) is 42.2 Å². The van der Waals surface area contributed by atoms with Gasteiger partial charge in [-0.25, -0.2) is 9.97 Å². The second-order valence-electron chi connectivity index (χ2n) is 6.41. The number of hydrogen-bond acceptors (Lipinski definition) is 4. The van der Waals surface area contributed by atoms with Crippen LogP contribution in [0.4, 0.5) is 0 Å². The van der Waals surface area contributed by atoms with Crippen LogP contribution < -0.4 is 0 Å². The van der Waals surface area contributed by atoms with Gasteiger partial charge in [-0.15, -0.1) is 0 Å². The van der Waals surface area contributed by atoms with Crippen LogP contribution in [-0.4, -0.2) is 39.0 Å². The van der Waals surface area contributed by atoms with Crippen LogP contribution in [0.25, 0.3) is 11.3 Å². The summed E-state index contributed by atoms with van der Waals surface area (Å²) >= 11 is 0. The van der Waals surface area contributed by atoms with Gasteiger partial charge in [-0.2, -0.15) is 0 Å². The Balaban J connectivity index is 1.89. The Morgan fingerprint density at radius 3 is 2.71 bits per heavy atom.